The van der Waals surface area contributed by atoms with Gasteiger partial charge in [0.05, 0.1) is 20.1 Å². The second-order valence-corrected chi connectivity index (χ2v) is 4.85. The summed E-state index contributed by atoms with van der Waals surface area (Å²) in [5, 5.41) is 0. The van der Waals surface area contributed by atoms with Gasteiger partial charge in [0.15, 0.2) is 0 Å². The highest BCUT2D eigenvalue weighted by molar-refractivity contribution is 7.43. The average molecular weight is 267 g/mol. The summed E-state index contributed by atoms with van der Waals surface area (Å²) in [5.41, 5.74) is 5.23. The van der Waals surface area contributed by atoms with E-state index in [9.17, 15) is 18.1 Å². The van der Waals surface area contributed by atoms with Crippen LogP contribution in [-0.4, -0.2) is 17.6 Å². The van der Waals surface area contributed by atoms with E-state index in [0.717, 1.165) is 12.1 Å². The van der Waals surface area contributed by atoms with Crippen molar-refractivity contribution in [3.05, 3.63) is 35.4 Å². The zero-order chi connectivity index (χ0) is 13.1. The van der Waals surface area contributed by atoms with Gasteiger partial charge >= 0.3 is 6.18 Å². The van der Waals surface area contributed by atoms with Gasteiger partial charge in [0.1, 0.15) is 0 Å². The number of halogens is 3. The molecule has 1 rings (SSSR count). The Balaban J connectivity index is 2.85. The molecule has 7 heteroatoms. The summed E-state index contributed by atoms with van der Waals surface area (Å²) in [6.07, 6.45) is -4.38. The van der Waals surface area contributed by atoms with Gasteiger partial charge in [-0.25, -0.2) is 0 Å². The Morgan fingerprint density at radius 3 is 2.18 bits per heavy atom. The van der Waals surface area contributed by atoms with E-state index in [1.165, 1.54) is 12.1 Å². The predicted molar refractivity (Wildman–Crippen MR) is 58.6 cm³/mol. The molecule has 17 heavy (non-hydrogen) atoms. The molecule has 3 nitrogen and oxygen atoms in total. The predicted octanol–water partition coefficient (Wildman–Crippen LogP) is 1.14. The third-order valence-electron chi connectivity index (χ3n) is 2.41. The first-order chi connectivity index (χ1) is 7.84. The van der Waals surface area contributed by atoms with Gasteiger partial charge in [0.25, 0.3) is 0 Å². The fourth-order valence-corrected chi connectivity index (χ4v) is 2.32. The molecule has 3 N–H and O–H groups in total. The quantitative estimate of drug-likeness (QED) is 0.804. The maximum absolute atomic E-state index is 12.3. The third kappa shape index (κ3) is 4.24. The summed E-state index contributed by atoms with van der Waals surface area (Å²) in [7, 11) is -2.68. The van der Waals surface area contributed by atoms with Gasteiger partial charge in [-0.05, 0) is 17.7 Å². The van der Waals surface area contributed by atoms with E-state index in [0.29, 0.717) is 5.56 Å². The lowest BCUT2D eigenvalue weighted by molar-refractivity contribution is -0.175. The molecule has 1 aromatic rings. The van der Waals surface area contributed by atoms with Crippen LogP contribution in [0.1, 0.15) is 17.0 Å². The lowest BCUT2D eigenvalue weighted by Gasteiger charge is -2.16. The van der Waals surface area contributed by atoms with Crippen molar-refractivity contribution in [2.75, 3.05) is 12.7 Å². The van der Waals surface area contributed by atoms with E-state index < -0.39 is 20.1 Å². The van der Waals surface area contributed by atoms with Crippen molar-refractivity contribution in [2.24, 2.45) is 5.73 Å². The van der Waals surface area contributed by atoms with Crippen molar-refractivity contribution < 1.29 is 23.0 Å². The molecule has 0 spiro atoms. The van der Waals surface area contributed by atoms with Crippen molar-refractivity contribution >= 4 is 8.38 Å². The second kappa shape index (κ2) is 5.78. The first kappa shape index (κ1) is 14.4. The molecule has 0 saturated carbocycles. The van der Waals surface area contributed by atoms with Crippen LogP contribution in [0.2, 0.25) is 0 Å². The third-order valence-corrected chi connectivity index (χ3v) is 3.26. The summed E-state index contributed by atoms with van der Waals surface area (Å²) in [6.45, 7) is 0.127. The molecule has 0 heterocycles. The van der Waals surface area contributed by atoms with Gasteiger partial charge in [-0.1, -0.05) is 12.1 Å². The molecule has 0 aliphatic heterocycles. The molecule has 96 valence electrons. The minimum atomic E-state index is -4.37. The molecule has 0 aliphatic carbocycles. The van der Waals surface area contributed by atoms with Crippen LogP contribution in [0.5, 0.6) is 0 Å². The van der Waals surface area contributed by atoms with Crippen LogP contribution in [0, 0.1) is 0 Å². The van der Waals surface area contributed by atoms with Crippen molar-refractivity contribution in [2.45, 2.75) is 12.1 Å². The largest absolute Gasteiger partial charge is 0.658 e. The first-order valence-electron chi connectivity index (χ1n) is 4.93. The minimum absolute atomic E-state index is 0.00741. The van der Waals surface area contributed by atoms with Gasteiger partial charge in [-0.3, -0.25) is 4.89 Å². The monoisotopic (exact) mass is 267 g/mol. The number of alkyl halides is 3. The van der Waals surface area contributed by atoms with E-state index in [1.54, 1.807) is 0 Å². The maximum Gasteiger partial charge on any atom is 0.416 e. The average Bonchev–Trinajstić information content (AvgIpc) is 2.24. The molecular formula is C10H13F3NO2P. The highest BCUT2D eigenvalue weighted by Crippen LogP contribution is 2.32. The van der Waals surface area contributed by atoms with Crippen LogP contribution >= 0.6 is 8.38 Å². The summed E-state index contributed by atoms with van der Waals surface area (Å²) >= 11 is 0. The van der Waals surface area contributed by atoms with E-state index in [4.69, 9.17) is 10.6 Å². The number of benzene rings is 1. The van der Waals surface area contributed by atoms with E-state index in [1.807, 2.05) is 0 Å². The highest BCUT2D eigenvalue weighted by Gasteiger charge is 2.30. The summed E-state index contributed by atoms with van der Waals surface area (Å²) in [4.78, 5) is 19.5. The Bertz CT molecular complexity index is 354. The zero-order valence-electron chi connectivity index (χ0n) is 8.87. The molecule has 0 bridgehead atoms. The van der Waals surface area contributed by atoms with E-state index >= 15 is 0 Å². The van der Waals surface area contributed by atoms with Crippen LogP contribution in [0.25, 0.3) is 0 Å². The van der Waals surface area contributed by atoms with Crippen LogP contribution in [0.15, 0.2) is 24.3 Å². The van der Waals surface area contributed by atoms with Crippen molar-refractivity contribution in [1.82, 2.24) is 0 Å². The molecule has 0 aliphatic rings. The Hall–Kier alpha value is -0.680. The normalized spacial score (nSPS) is 15.6. The van der Waals surface area contributed by atoms with E-state index in [2.05, 4.69) is 0 Å². The van der Waals surface area contributed by atoms with Crippen LogP contribution in [-0.2, 0) is 6.18 Å². The molecule has 0 aromatic heterocycles. The van der Waals surface area contributed by atoms with Crippen LogP contribution in [0.3, 0.4) is 0 Å². The number of rotatable bonds is 4. The van der Waals surface area contributed by atoms with Gasteiger partial charge in [0, 0.05) is 12.5 Å². The van der Waals surface area contributed by atoms with Crippen molar-refractivity contribution in [3.63, 3.8) is 0 Å². The lowest BCUT2D eigenvalue weighted by atomic mass is 10.00. The molecule has 0 fully saturated rings. The number of hydrogen-bond donors (Lipinski definition) is 2. The summed E-state index contributed by atoms with van der Waals surface area (Å²) in [6, 6.07) is 4.50. The first-order valence-corrected chi connectivity index (χ1v) is 6.50. The van der Waals surface area contributed by atoms with E-state index in [-0.39, 0.29) is 18.6 Å². The van der Waals surface area contributed by atoms with Gasteiger partial charge < -0.3 is 10.6 Å². The van der Waals surface area contributed by atoms with Gasteiger partial charge in [0.2, 0.25) is 0 Å². The molecular weight excluding hydrogens is 254 g/mol. The minimum Gasteiger partial charge on any atom is -0.658 e. The van der Waals surface area contributed by atoms with Crippen molar-refractivity contribution in [1.29, 1.82) is 0 Å². The molecule has 0 saturated heterocycles. The van der Waals surface area contributed by atoms with Crippen LogP contribution < -0.4 is 10.6 Å². The maximum atomic E-state index is 12.3. The fourth-order valence-electron chi connectivity index (χ4n) is 1.49. The Labute approximate surface area is 98.0 Å². The Morgan fingerprint density at radius 2 is 1.82 bits per heavy atom. The summed E-state index contributed by atoms with van der Waals surface area (Å²) < 4.78 is 36.9. The fraction of sp³-hybridized carbons (Fsp3) is 0.400. The smallest absolute Gasteiger partial charge is 0.416 e. The molecule has 2 unspecified atom stereocenters. The van der Waals surface area contributed by atoms with Gasteiger partial charge in [-0.15, -0.1) is 0 Å². The standard InChI is InChI=1S/C10H13F3NO2P/c11-10(12,13)9-3-1-7(2-4-9)8(5-14)6-17(15)16/h1-4,8,15,17H,5-6,14H2. The van der Waals surface area contributed by atoms with Crippen LogP contribution in [0.4, 0.5) is 13.2 Å². The number of hydrogen-bond acceptors (Lipinski definition) is 3. The Morgan fingerprint density at radius 1 is 1.29 bits per heavy atom. The topological polar surface area (TPSA) is 69.3 Å². The Kier molecular flexibility index (Phi) is 4.89. The summed E-state index contributed by atoms with van der Waals surface area (Å²) in [5.74, 6) is -0.381. The van der Waals surface area contributed by atoms with Gasteiger partial charge in [-0.2, -0.15) is 13.2 Å². The second-order valence-electron chi connectivity index (χ2n) is 3.65. The molecule has 0 radical (unpaired) electrons. The highest BCUT2D eigenvalue weighted by atomic mass is 31.2. The number of nitrogens with two attached hydrogens (primary N) is 1. The van der Waals surface area contributed by atoms with Crippen molar-refractivity contribution in [3.8, 4) is 0 Å². The lowest BCUT2D eigenvalue weighted by Crippen LogP contribution is -2.18. The SMILES string of the molecule is NCC(C[PH+]([O-])O)c1ccc(C(F)(F)F)cc1. The zero-order valence-corrected chi connectivity index (χ0v) is 9.87. The molecule has 1 aromatic carbocycles. The molecule has 2 atom stereocenters. The molecule has 0 amide bonds.